The number of nitrogens with one attached hydrogen (secondary N) is 1. The van der Waals surface area contributed by atoms with Crippen molar-refractivity contribution < 1.29 is 4.79 Å². The van der Waals surface area contributed by atoms with Gasteiger partial charge in [0.1, 0.15) is 0 Å². The fraction of sp³-hybridized carbons (Fsp3) is 0.500. The van der Waals surface area contributed by atoms with Crippen molar-refractivity contribution in [2.45, 2.75) is 26.3 Å². The maximum atomic E-state index is 11.4. The van der Waals surface area contributed by atoms with Crippen molar-refractivity contribution in [3.63, 3.8) is 0 Å². The minimum absolute atomic E-state index is 0.0185. The summed E-state index contributed by atoms with van der Waals surface area (Å²) in [5, 5.41) is 0. The highest BCUT2D eigenvalue weighted by Crippen LogP contribution is 2.04. The summed E-state index contributed by atoms with van der Waals surface area (Å²) < 4.78 is 0. The first kappa shape index (κ1) is 9.99. The number of aromatic nitrogens is 1. The highest BCUT2D eigenvalue weighted by molar-refractivity contribution is 5.85. The fourth-order valence-corrected chi connectivity index (χ4v) is 1.26. The smallest absolute Gasteiger partial charge is 0.152 e. The molecule has 0 aliphatic rings. The van der Waals surface area contributed by atoms with Crippen molar-refractivity contribution in [2.75, 3.05) is 0 Å². The molecule has 0 amide bonds. The molecule has 3 nitrogen and oxygen atoms in total. The summed E-state index contributed by atoms with van der Waals surface area (Å²) in [7, 11) is 0. The lowest BCUT2D eigenvalue weighted by molar-refractivity contribution is -0.123. The number of hydrogen-bond acceptors (Lipinski definition) is 2. The van der Waals surface area contributed by atoms with E-state index in [9.17, 15) is 4.79 Å². The summed E-state index contributed by atoms with van der Waals surface area (Å²) in [4.78, 5) is 14.5. The van der Waals surface area contributed by atoms with Crippen LogP contribution in [0.4, 0.5) is 0 Å². The molecule has 1 atom stereocenters. The second kappa shape index (κ2) is 4.23. The van der Waals surface area contributed by atoms with Crippen molar-refractivity contribution in [3.8, 4) is 0 Å². The number of nitrogens with two attached hydrogens (primary N) is 1. The van der Waals surface area contributed by atoms with Crippen molar-refractivity contribution in [1.82, 2.24) is 4.98 Å². The number of carbonyl (C=O) groups is 1. The van der Waals surface area contributed by atoms with Gasteiger partial charge < -0.3 is 10.7 Å². The van der Waals surface area contributed by atoms with Crippen molar-refractivity contribution in [3.05, 3.63) is 24.0 Å². The molecule has 13 heavy (non-hydrogen) atoms. The Morgan fingerprint density at radius 1 is 1.62 bits per heavy atom. The zero-order valence-corrected chi connectivity index (χ0v) is 8.08. The van der Waals surface area contributed by atoms with Crippen LogP contribution in [0.3, 0.4) is 0 Å². The third-order valence-corrected chi connectivity index (χ3v) is 2.04. The molecule has 1 heterocycles. The summed E-state index contributed by atoms with van der Waals surface area (Å²) in [6.45, 7) is 3.74. The van der Waals surface area contributed by atoms with Gasteiger partial charge in [0, 0.05) is 24.2 Å². The van der Waals surface area contributed by atoms with Crippen molar-refractivity contribution in [2.24, 2.45) is 11.7 Å². The highest BCUT2D eigenvalue weighted by atomic mass is 16.1. The minimum atomic E-state index is -0.376. The summed E-state index contributed by atoms with van der Waals surface area (Å²) in [6, 6.07) is 3.47. The number of H-pyrrole nitrogens is 1. The normalized spacial score (nSPS) is 13.2. The van der Waals surface area contributed by atoms with Crippen LogP contribution in [-0.4, -0.2) is 16.8 Å². The molecule has 0 aromatic carbocycles. The number of ketones is 1. The van der Waals surface area contributed by atoms with E-state index in [-0.39, 0.29) is 17.7 Å². The van der Waals surface area contributed by atoms with Crippen LogP contribution in [0.5, 0.6) is 0 Å². The first-order valence-corrected chi connectivity index (χ1v) is 4.53. The molecule has 1 aromatic heterocycles. The second-order valence-corrected chi connectivity index (χ2v) is 3.56. The van der Waals surface area contributed by atoms with Crippen LogP contribution >= 0.6 is 0 Å². The topological polar surface area (TPSA) is 58.9 Å². The lowest BCUT2D eigenvalue weighted by atomic mass is 9.99. The van der Waals surface area contributed by atoms with Crippen LogP contribution in [0.1, 0.15) is 19.5 Å². The van der Waals surface area contributed by atoms with Gasteiger partial charge >= 0.3 is 0 Å². The number of carbonyl (C=O) groups excluding carboxylic acids is 1. The van der Waals surface area contributed by atoms with E-state index in [0.29, 0.717) is 6.42 Å². The van der Waals surface area contributed by atoms with Gasteiger partial charge in [-0.3, -0.25) is 4.79 Å². The molecule has 0 radical (unpaired) electrons. The van der Waals surface area contributed by atoms with Crippen LogP contribution in [-0.2, 0) is 11.2 Å². The molecule has 0 saturated carbocycles. The van der Waals surface area contributed by atoms with Crippen LogP contribution in [0.2, 0.25) is 0 Å². The molecule has 3 heteroatoms. The monoisotopic (exact) mass is 180 g/mol. The number of rotatable bonds is 4. The Bertz CT molecular complexity index is 264. The van der Waals surface area contributed by atoms with Gasteiger partial charge in [-0.1, -0.05) is 13.8 Å². The Kier molecular flexibility index (Phi) is 3.25. The molecule has 1 aromatic rings. The molecule has 0 unspecified atom stereocenters. The summed E-state index contributed by atoms with van der Waals surface area (Å²) in [5.41, 5.74) is 6.76. The Morgan fingerprint density at radius 2 is 2.31 bits per heavy atom. The third kappa shape index (κ3) is 2.70. The van der Waals surface area contributed by atoms with E-state index in [4.69, 9.17) is 5.73 Å². The van der Waals surface area contributed by atoms with Gasteiger partial charge in [-0.25, -0.2) is 0 Å². The number of Topliss-reactive ketones (excluding diaryl/α,β-unsaturated/α-hetero) is 1. The number of aromatic amines is 1. The van der Waals surface area contributed by atoms with Crippen LogP contribution < -0.4 is 5.73 Å². The average molecular weight is 180 g/mol. The Morgan fingerprint density at radius 3 is 2.77 bits per heavy atom. The Hall–Kier alpha value is -1.09. The van der Waals surface area contributed by atoms with Gasteiger partial charge in [0.15, 0.2) is 5.78 Å². The molecular weight excluding hydrogens is 164 g/mol. The van der Waals surface area contributed by atoms with Crippen LogP contribution in [0.25, 0.3) is 0 Å². The summed E-state index contributed by atoms with van der Waals surface area (Å²) >= 11 is 0. The number of hydrogen-bond donors (Lipinski definition) is 2. The molecular formula is C10H16N2O. The predicted octanol–water partition coefficient (Wildman–Crippen LogP) is 1.11. The third-order valence-electron chi connectivity index (χ3n) is 2.04. The van der Waals surface area contributed by atoms with Crippen molar-refractivity contribution in [1.29, 1.82) is 0 Å². The molecule has 0 aliphatic heterocycles. The van der Waals surface area contributed by atoms with Crippen molar-refractivity contribution >= 4 is 5.78 Å². The molecule has 0 spiro atoms. The van der Waals surface area contributed by atoms with Gasteiger partial charge in [-0.2, -0.15) is 0 Å². The maximum absolute atomic E-state index is 11.4. The van der Waals surface area contributed by atoms with E-state index in [2.05, 4.69) is 4.98 Å². The van der Waals surface area contributed by atoms with Crippen LogP contribution in [0.15, 0.2) is 18.3 Å². The molecule has 0 saturated heterocycles. The second-order valence-electron chi connectivity index (χ2n) is 3.56. The lowest BCUT2D eigenvalue weighted by Gasteiger charge is -2.11. The zero-order chi connectivity index (χ0) is 9.84. The van der Waals surface area contributed by atoms with Crippen LogP contribution in [0, 0.1) is 5.92 Å². The van der Waals surface area contributed by atoms with E-state index in [1.807, 2.05) is 32.2 Å². The predicted molar refractivity (Wildman–Crippen MR) is 52.3 cm³/mol. The van der Waals surface area contributed by atoms with E-state index in [1.165, 1.54) is 0 Å². The van der Waals surface area contributed by atoms with E-state index in [1.54, 1.807) is 0 Å². The molecule has 0 aliphatic carbocycles. The lowest BCUT2D eigenvalue weighted by Crippen LogP contribution is -2.35. The fourth-order valence-electron chi connectivity index (χ4n) is 1.26. The quantitative estimate of drug-likeness (QED) is 0.729. The van der Waals surface area contributed by atoms with E-state index in [0.717, 1.165) is 5.69 Å². The summed E-state index contributed by atoms with van der Waals surface area (Å²) in [5.74, 6) is 0.138. The minimum Gasteiger partial charge on any atom is -0.365 e. The average Bonchev–Trinajstić information content (AvgIpc) is 2.55. The van der Waals surface area contributed by atoms with Gasteiger partial charge in [0.05, 0.1) is 6.04 Å². The zero-order valence-electron chi connectivity index (χ0n) is 8.08. The van der Waals surface area contributed by atoms with Gasteiger partial charge in [0.25, 0.3) is 0 Å². The van der Waals surface area contributed by atoms with Gasteiger partial charge in [0.2, 0.25) is 0 Å². The Labute approximate surface area is 78.3 Å². The maximum Gasteiger partial charge on any atom is 0.152 e. The first-order valence-electron chi connectivity index (χ1n) is 4.53. The van der Waals surface area contributed by atoms with Gasteiger partial charge in [-0.15, -0.1) is 0 Å². The highest BCUT2D eigenvalue weighted by Gasteiger charge is 2.17. The SMILES string of the molecule is CC(C)C(=O)[C@@H](N)Cc1ccc[nH]1. The first-order chi connectivity index (χ1) is 6.11. The molecule has 72 valence electrons. The van der Waals surface area contributed by atoms with E-state index < -0.39 is 0 Å². The summed E-state index contributed by atoms with van der Waals surface area (Å²) in [6.07, 6.45) is 2.44. The molecule has 0 bridgehead atoms. The molecule has 3 N–H and O–H groups in total. The van der Waals surface area contributed by atoms with Gasteiger partial charge in [-0.05, 0) is 12.1 Å². The molecule has 0 fully saturated rings. The molecule has 1 rings (SSSR count). The largest absolute Gasteiger partial charge is 0.365 e. The van der Waals surface area contributed by atoms with E-state index >= 15 is 0 Å². The Balaban J connectivity index is 2.51. The standard InChI is InChI=1S/C10H16N2O/c1-7(2)10(13)9(11)6-8-4-3-5-12-8/h3-5,7,9,12H,6,11H2,1-2H3/t9-/m0/s1.